The molecule has 0 saturated heterocycles. The summed E-state index contributed by atoms with van der Waals surface area (Å²) >= 11 is 0. The van der Waals surface area contributed by atoms with Crippen LogP contribution in [-0.4, -0.2) is 28.2 Å². The molecule has 4 nitrogen and oxygen atoms in total. The van der Waals surface area contributed by atoms with E-state index in [0.29, 0.717) is 13.0 Å². The van der Waals surface area contributed by atoms with Gasteiger partial charge in [-0.3, -0.25) is 0 Å². The van der Waals surface area contributed by atoms with E-state index in [-0.39, 0.29) is 6.61 Å². The second-order valence-corrected chi connectivity index (χ2v) is 3.66. The van der Waals surface area contributed by atoms with Crippen LogP contribution < -0.4 is 5.32 Å². The molecule has 0 spiro atoms. The van der Waals surface area contributed by atoms with Crippen molar-refractivity contribution in [3.63, 3.8) is 0 Å². The molecule has 0 aliphatic rings. The van der Waals surface area contributed by atoms with E-state index < -0.39 is 0 Å². The van der Waals surface area contributed by atoms with Crippen molar-refractivity contribution in [1.82, 2.24) is 9.97 Å². The highest BCUT2D eigenvalue weighted by atomic mass is 16.3. The number of hydrogen-bond acceptors (Lipinski definition) is 4. The highest BCUT2D eigenvalue weighted by Gasteiger charge is 2.00. The first-order valence-corrected chi connectivity index (χ1v) is 5.62. The summed E-state index contributed by atoms with van der Waals surface area (Å²) in [5.41, 5.74) is 1.97. The van der Waals surface area contributed by atoms with Crippen LogP contribution in [0.3, 0.4) is 0 Å². The van der Waals surface area contributed by atoms with Crippen LogP contribution in [-0.2, 0) is 0 Å². The molecule has 2 aromatic rings. The van der Waals surface area contributed by atoms with E-state index in [4.69, 9.17) is 5.11 Å². The lowest BCUT2D eigenvalue weighted by Gasteiger charge is -2.05. The van der Waals surface area contributed by atoms with E-state index >= 15 is 0 Å². The van der Waals surface area contributed by atoms with Crippen molar-refractivity contribution in [2.75, 3.05) is 18.5 Å². The van der Waals surface area contributed by atoms with Gasteiger partial charge in [0.25, 0.3) is 0 Å². The van der Waals surface area contributed by atoms with Crippen molar-refractivity contribution in [2.45, 2.75) is 6.42 Å². The number of hydrogen-bond donors (Lipinski definition) is 2. The number of aliphatic hydroxyl groups excluding tert-OH is 1. The Morgan fingerprint density at radius 2 is 1.94 bits per heavy atom. The van der Waals surface area contributed by atoms with Crippen molar-refractivity contribution in [3.05, 3.63) is 42.7 Å². The summed E-state index contributed by atoms with van der Waals surface area (Å²) in [7, 11) is 0. The van der Waals surface area contributed by atoms with E-state index in [2.05, 4.69) is 15.3 Å². The highest BCUT2D eigenvalue weighted by molar-refractivity contribution is 5.61. The van der Waals surface area contributed by atoms with Gasteiger partial charge in [0, 0.05) is 24.8 Å². The summed E-state index contributed by atoms with van der Waals surface area (Å²) in [5, 5.41) is 11.8. The van der Waals surface area contributed by atoms with E-state index in [1.807, 2.05) is 36.4 Å². The van der Waals surface area contributed by atoms with Gasteiger partial charge >= 0.3 is 0 Å². The molecule has 1 aromatic carbocycles. The number of benzene rings is 1. The lowest BCUT2D eigenvalue weighted by molar-refractivity contribution is 0.292. The smallest absolute Gasteiger partial charge is 0.129 e. The van der Waals surface area contributed by atoms with Crippen molar-refractivity contribution < 1.29 is 5.11 Å². The second kappa shape index (κ2) is 5.96. The zero-order chi connectivity index (χ0) is 11.9. The number of nitrogens with one attached hydrogen (secondary N) is 1. The van der Waals surface area contributed by atoms with Gasteiger partial charge < -0.3 is 10.4 Å². The molecular weight excluding hydrogens is 214 g/mol. The molecule has 0 fully saturated rings. The molecule has 0 bridgehead atoms. The first kappa shape index (κ1) is 11.5. The van der Waals surface area contributed by atoms with Crippen LogP contribution in [0.25, 0.3) is 11.3 Å². The van der Waals surface area contributed by atoms with Crippen LogP contribution in [0.15, 0.2) is 42.7 Å². The lowest BCUT2D eigenvalue weighted by Crippen LogP contribution is -2.05. The molecule has 1 heterocycles. The van der Waals surface area contributed by atoms with Crippen LogP contribution in [0.1, 0.15) is 6.42 Å². The Hall–Kier alpha value is -1.94. The second-order valence-electron chi connectivity index (χ2n) is 3.66. The predicted octanol–water partition coefficient (Wildman–Crippen LogP) is 1.94. The molecule has 0 aliphatic heterocycles. The molecule has 0 aliphatic carbocycles. The average Bonchev–Trinajstić information content (AvgIpc) is 2.41. The van der Waals surface area contributed by atoms with Gasteiger partial charge in [0.2, 0.25) is 0 Å². The maximum absolute atomic E-state index is 8.70. The minimum Gasteiger partial charge on any atom is -0.396 e. The Balaban J connectivity index is 2.12. The minimum absolute atomic E-state index is 0.184. The van der Waals surface area contributed by atoms with Crippen LogP contribution in [0.5, 0.6) is 0 Å². The normalized spacial score (nSPS) is 10.2. The van der Waals surface area contributed by atoms with Crippen molar-refractivity contribution in [1.29, 1.82) is 0 Å². The highest BCUT2D eigenvalue weighted by Crippen LogP contribution is 2.17. The van der Waals surface area contributed by atoms with Gasteiger partial charge in [0.05, 0.1) is 5.69 Å². The monoisotopic (exact) mass is 229 g/mol. The SMILES string of the molecule is OCCCNc1cc(-c2ccccc2)ncn1. The Bertz CT molecular complexity index is 459. The zero-order valence-corrected chi connectivity index (χ0v) is 9.50. The number of nitrogens with zero attached hydrogens (tertiary/aromatic N) is 2. The number of rotatable bonds is 5. The Morgan fingerprint density at radius 1 is 1.12 bits per heavy atom. The standard InChI is InChI=1S/C13H15N3O/c17-8-4-7-14-13-9-12(15-10-16-13)11-5-2-1-3-6-11/h1-3,5-6,9-10,17H,4,7-8H2,(H,14,15,16). The van der Waals surface area contributed by atoms with E-state index in [9.17, 15) is 0 Å². The Labute approximate surface area is 100 Å². The molecule has 0 atom stereocenters. The lowest BCUT2D eigenvalue weighted by atomic mass is 10.1. The summed E-state index contributed by atoms with van der Waals surface area (Å²) in [4.78, 5) is 8.37. The molecular formula is C13H15N3O. The van der Waals surface area contributed by atoms with Crippen LogP contribution >= 0.6 is 0 Å². The molecule has 2 N–H and O–H groups in total. The molecule has 17 heavy (non-hydrogen) atoms. The van der Waals surface area contributed by atoms with Crippen molar-refractivity contribution in [2.24, 2.45) is 0 Å². The van der Waals surface area contributed by atoms with Gasteiger partial charge in [-0.25, -0.2) is 9.97 Å². The number of aliphatic hydroxyl groups is 1. The fraction of sp³-hybridized carbons (Fsp3) is 0.231. The van der Waals surface area contributed by atoms with E-state index in [1.165, 1.54) is 0 Å². The topological polar surface area (TPSA) is 58.0 Å². The molecule has 0 unspecified atom stereocenters. The third kappa shape index (κ3) is 3.26. The minimum atomic E-state index is 0.184. The Kier molecular flexibility index (Phi) is 4.05. The zero-order valence-electron chi connectivity index (χ0n) is 9.50. The van der Waals surface area contributed by atoms with Gasteiger partial charge in [-0.1, -0.05) is 30.3 Å². The third-order valence-electron chi connectivity index (χ3n) is 2.38. The molecule has 0 saturated carbocycles. The fourth-order valence-electron chi connectivity index (χ4n) is 1.52. The van der Waals surface area contributed by atoms with Gasteiger partial charge in [0.15, 0.2) is 0 Å². The summed E-state index contributed by atoms with van der Waals surface area (Å²) < 4.78 is 0. The molecule has 2 rings (SSSR count). The number of anilines is 1. The third-order valence-corrected chi connectivity index (χ3v) is 2.38. The number of aromatic nitrogens is 2. The maximum atomic E-state index is 8.70. The maximum Gasteiger partial charge on any atom is 0.129 e. The van der Waals surface area contributed by atoms with Crippen molar-refractivity contribution >= 4 is 5.82 Å². The first-order chi connectivity index (χ1) is 8.40. The molecule has 0 radical (unpaired) electrons. The summed E-state index contributed by atoms with van der Waals surface area (Å²) in [5.74, 6) is 0.785. The van der Waals surface area contributed by atoms with Crippen LogP contribution in [0, 0.1) is 0 Å². The predicted molar refractivity (Wildman–Crippen MR) is 67.7 cm³/mol. The van der Waals surface area contributed by atoms with Gasteiger partial charge in [-0.2, -0.15) is 0 Å². The van der Waals surface area contributed by atoms with E-state index in [1.54, 1.807) is 6.33 Å². The molecule has 1 aromatic heterocycles. The quantitative estimate of drug-likeness (QED) is 0.769. The largest absolute Gasteiger partial charge is 0.396 e. The van der Waals surface area contributed by atoms with Gasteiger partial charge in [-0.05, 0) is 6.42 Å². The molecule has 88 valence electrons. The van der Waals surface area contributed by atoms with Crippen LogP contribution in [0.2, 0.25) is 0 Å². The van der Waals surface area contributed by atoms with Crippen LogP contribution in [0.4, 0.5) is 5.82 Å². The fourth-order valence-corrected chi connectivity index (χ4v) is 1.52. The van der Waals surface area contributed by atoms with Gasteiger partial charge in [-0.15, -0.1) is 0 Å². The first-order valence-electron chi connectivity index (χ1n) is 5.62. The Morgan fingerprint density at radius 3 is 2.71 bits per heavy atom. The van der Waals surface area contributed by atoms with Gasteiger partial charge in [0.1, 0.15) is 12.1 Å². The van der Waals surface area contributed by atoms with Crippen molar-refractivity contribution in [3.8, 4) is 11.3 Å². The van der Waals surface area contributed by atoms with E-state index in [0.717, 1.165) is 17.1 Å². The average molecular weight is 229 g/mol. The summed E-state index contributed by atoms with van der Waals surface area (Å²) in [6.45, 7) is 0.894. The summed E-state index contributed by atoms with van der Waals surface area (Å²) in [6.07, 6.45) is 2.26. The molecule has 4 heteroatoms. The molecule has 0 amide bonds. The summed E-state index contributed by atoms with van der Waals surface area (Å²) in [6, 6.07) is 11.9.